The summed E-state index contributed by atoms with van der Waals surface area (Å²) in [5.74, 6) is 0. The number of rotatable bonds is 0. The van der Waals surface area contributed by atoms with Crippen LogP contribution in [0.1, 0.15) is 20.8 Å². The highest BCUT2D eigenvalue weighted by Crippen LogP contribution is 2.34. The van der Waals surface area contributed by atoms with E-state index in [0.717, 1.165) is 0 Å². The van der Waals surface area contributed by atoms with Crippen molar-refractivity contribution < 1.29 is 0 Å². The molecule has 2 unspecified atom stereocenters. The van der Waals surface area contributed by atoms with Crippen molar-refractivity contribution >= 4 is 6.21 Å². The summed E-state index contributed by atoms with van der Waals surface area (Å²) in [5, 5.41) is 3.35. The van der Waals surface area contributed by atoms with Crippen molar-refractivity contribution in [2.24, 2.45) is 10.4 Å². The topological polar surface area (TPSA) is 24.4 Å². The Labute approximate surface area is 79.4 Å². The Hall–Kier alpha value is -1.05. The highest BCUT2D eigenvalue weighted by molar-refractivity contribution is 5.73. The number of aliphatic imine (C=N–C) groups is 1. The van der Waals surface area contributed by atoms with Gasteiger partial charge in [-0.3, -0.25) is 4.99 Å². The summed E-state index contributed by atoms with van der Waals surface area (Å²) < 4.78 is 0. The van der Waals surface area contributed by atoms with Crippen LogP contribution in [0, 0.1) is 5.41 Å². The first-order chi connectivity index (χ1) is 6.09. The number of allylic oxidation sites excluding steroid dienone is 1. The maximum Gasteiger partial charge on any atom is 0.0967 e. The van der Waals surface area contributed by atoms with Crippen LogP contribution in [-0.2, 0) is 0 Å². The van der Waals surface area contributed by atoms with E-state index in [2.05, 4.69) is 43.4 Å². The van der Waals surface area contributed by atoms with Crippen LogP contribution >= 0.6 is 0 Å². The van der Waals surface area contributed by atoms with E-state index in [1.165, 1.54) is 5.57 Å². The Bertz CT molecular complexity index is 292. The molecule has 0 aliphatic carbocycles. The van der Waals surface area contributed by atoms with Crippen molar-refractivity contribution in [2.45, 2.75) is 32.9 Å². The zero-order valence-corrected chi connectivity index (χ0v) is 8.41. The van der Waals surface area contributed by atoms with Crippen LogP contribution in [0.15, 0.2) is 28.9 Å². The van der Waals surface area contributed by atoms with Gasteiger partial charge in [0.1, 0.15) is 0 Å². The monoisotopic (exact) mass is 176 g/mol. The SMILES string of the molecule is CC(C)(C)C1=CNC2C=CC=NC12. The van der Waals surface area contributed by atoms with E-state index in [9.17, 15) is 0 Å². The normalized spacial score (nSPS) is 31.2. The molecule has 1 N–H and O–H groups in total. The average molecular weight is 176 g/mol. The molecule has 0 aromatic rings. The largest absolute Gasteiger partial charge is 0.382 e. The molecule has 2 rings (SSSR count). The predicted molar refractivity (Wildman–Crippen MR) is 55.9 cm³/mol. The molecule has 0 saturated carbocycles. The fraction of sp³-hybridized carbons (Fsp3) is 0.545. The fourth-order valence-electron chi connectivity index (χ4n) is 1.86. The molecule has 70 valence electrons. The number of fused-ring (bicyclic) bond motifs is 1. The van der Waals surface area contributed by atoms with Gasteiger partial charge in [0.2, 0.25) is 0 Å². The average Bonchev–Trinajstić information content (AvgIpc) is 2.45. The van der Waals surface area contributed by atoms with Crippen molar-refractivity contribution in [3.05, 3.63) is 23.9 Å². The highest BCUT2D eigenvalue weighted by Gasteiger charge is 2.34. The molecule has 0 amide bonds. The molecular formula is C11H16N2. The third kappa shape index (κ3) is 1.41. The van der Waals surface area contributed by atoms with E-state index >= 15 is 0 Å². The lowest BCUT2D eigenvalue weighted by Crippen LogP contribution is -2.32. The number of hydrogen-bond donors (Lipinski definition) is 1. The lowest BCUT2D eigenvalue weighted by atomic mass is 9.82. The van der Waals surface area contributed by atoms with Crippen molar-refractivity contribution in [1.29, 1.82) is 0 Å². The van der Waals surface area contributed by atoms with E-state index < -0.39 is 0 Å². The molecule has 13 heavy (non-hydrogen) atoms. The van der Waals surface area contributed by atoms with Crippen molar-refractivity contribution in [3.63, 3.8) is 0 Å². The molecule has 2 nitrogen and oxygen atoms in total. The minimum absolute atomic E-state index is 0.217. The van der Waals surface area contributed by atoms with Crippen LogP contribution in [-0.4, -0.2) is 18.3 Å². The van der Waals surface area contributed by atoms with Crippen LogP contribution in [0.25, 0.3) is 0 Å². The fourth-order valence-corrected chi connectivity index (χ4v) is 1.86. The maximum absolute atomic E-state index is 4.50. The molecule has 0 bridgehead atoms. The van der Waals surface area contributed by atoms with E-state index in [1.807, 2.05) is 12.3 Å². The first kappa shape index (κ1) is 8.54. The van der Waals surface area contributed by atoms with Gasteiger partial charge < -0.3 is 5.32 Å². The Balaban J connectivity index is 2.25. The third-order valence-corrected chi connectivity index (χ3v) is 2.61. The second-order valence-corrected chi connectivity index (χ2v) is 4.67. The molecule has 2 aliphatic rings. The molecule has 2 heterocycles. The van der Waals surface area contributed by atoms with Gasteiger partial charge in [-0.1, -0.05) is 26.8 Å². The molecule has 2 atom stereocenters. The van der Waals surface area contributed by atoms with Crippen molar-refractivity contribution in [2.75, 3.05) is 0 Å². The molecule has 0 saturated heterocycles. The van der Waals surface area contributed by atoms with Crippen LogP contribution in [0.2, 0.25) is 0 Å². The molecule has 2 heteroatoms. The van der Waals surface area contributed by atoms with Gasteiger partial charge in [-0.15, -0.1) is 0 Å². The van der Waals surface area contributed by atoms with Gasteiger partial charge in [0, 0.05) is 6.21 Å². The third-order valence-electron chi connectivity index (χ3n) is 2.61. The minimum atomic E-state index is 0.217. The molecule has 0 spiro atoms. The smallest absolute Gasteiger partial charge is 0.0967 e. The van der Waals surface area contributed by atoms with Gasteiger partial charge in [0.25, 0.3) is 0 Å². The summed E-state index contributed by atoms with van der Waals surface area (Å²) in [4.78, 5) is 4.50. The van der Waals surface area contributed by atoms with Gasteiger partial charge in [-0.25, -0.2) is 0 Å². The first-order valence-corrected chi connectivity index (χ1v) is 4.75. The zero-order valence-electron chi connectivity index (χ0n) is 8.41. The molecular weight excluding hydrogens is 160 g/mol. The van der Waals surface area contributed by atoms with Crippen LogP contribution < -0.4 is 5.32 Å². The van der Waals surface area contributed by atoms with Gasteiger partial charge in [-0.05, 0) is 23.3 Å². The van der Waals surface area contributed by atoms with Gasteiger partial charge in [0.05, 0.1) is 12.1 Å². The van der Waals surface area contributed by atoms with Gasteiger partial charge >= 0.3 is 0 Å². The number of hydrogen-bond acceptors (Lipinski definition) is 2. The summed E-state index contributed by atoms with van der Waals surface area (Å²) in [6, 6.07) is 0.712. The summed E-state index contributed by atoms with van der Waals surface area (Å²) in [5.41, 5.74) is 1.62. The standard InChI is InChI=1S/C11H16N2/c1-11(2,3)8-7-13-9-5-4-6-12-10(8)9/h4-7,9-10,13H,1-3H3. The first-order valence-electron chi connectivity index (χ1n) is 4.75. The number of nitrogens with zero attached hydrogens (tertiary/aromatic N) is 1. The second kappa shape index (κ2) is 2.72. The zero-order chi connectivity index (χ0) is 9.47. The summed E-state index contributed by atoms with van der Waals surface area (Å²) >= 11 is 0. The highest BCUT2D eigenvalue weighted by atomic mass is 15.0. The van der Waals surface area contributed by atoms with Crippen LogP contribution in [0.5, 0.6) is 0 Å². The van der Waals surface area contributed by atoms with Crippen LogP contribution in [0.3, 0.4) is 0 Å². The Morgan fingerprint density at radius 1 is 1.38 bits per heavy atom. The molecule has 0 fully saturated rings. The lowest BCUT2D eigenvalue weighted by Gasteiger charge is -2.26. The van der Waals surface area contributed by atoms with Crippen molar-refractivity contribution in [3.8, 4) is 0 Å². The second-order valence-electron chi connectivity index (χ2n) is 4.67. The van der Waals surface area contributed by atoms with Gasteiger partial charge in [-0.2, -0.15) is 0 Å². The van der Waals surface area contributed by atoms with E-state index in [1.54, 1.807) is 0 Å². The number of dihydropyridines is 1. The van der Waals surface area contributed by atoms with E-state index in [4.69, 9.17) is 0 Å². The molecule has 2 aliphatic heterocycles. The summed E-state index contributed by atoms with van der Waals surface area (Å²) in [6.45, 7) is 6.70. The maximum atomic E-state index is 4.50. The molecule has 0 aromatic heterocycles. The quantitative estimate of drug-likeness (QED) is 0.599. The Kier molecular flexibility index (Phi) is 1.79. The number of nitrogens with one attached hydrogen (secondary N) is 1. The lowest BCUT2D eigenvalue weighted by molar-refractivity contribution is 0.462. The minimum Gasteiger partial charge on any atom is -0.382 e. The van der Waals surface area contributed by atoms with Gasteiger partial charge in [0.15, 0.2) is 0 Å². The molecule has 0 aromatic carbocycles. The van der Waals surface area contributed by atoms with Crippen LogP contribution in [0.4, 0.5) is 0 Å². The van der Waals surface area contributed by atoms with Crippen molar-refractivity contribution in [1.82, 2.24) is 5.32 Å². The van der Waals surface area contributed by atoms with E-state index in [0.29, 0.717) is 12.1 Å². The Morgan fingerprint density at radius 2 is 2.15 bits per heavy atom. The summed E-state index contributed by atoms with van der Waals surface area (Å²) in [7, 11) is 0. The Morgan fingerprint density at radius 3 is 2.85 bits per heavy atom. The summed E-state index contributed by atoms with van der Waals surface area (Å²) in [6.07, 6.45) is 8.20. The van der Waals surface area contributed by atoms with E-state index in [-0.39, 0.29) is 5.41 Å². The molecule has 0 radical (unpaired) electrons. The predicted octanol–water partition coefficient (Wildman–Crippen LogP) is 1.90.